The predicted molar refractivity (Wildman–Crippen MR) is 145 cm³/mol. The highest BCUT2D eigenvalue weighted by molar-refractivity contribution is 6.77. The summed E-state index contributed by atoms with van der Waals surface area (Å²) in [5.41, 5.74) is 4.66. The first-order valence-corrected chi connectivity index (χ1v) is 15.5. The summed E-state index contributed by atoms with van der Waals surface area (Å²) in [5.74, 6) is 0. The van der Waals surface area contributed by atoms with Crippen molar-refractivity contribution in [3.05, 3.63) is 94.7 Å². The van der Waals surface area contributed by atoms with Crippen LogP contribution in [0.2, 0.25) is 5.54 Å². The van der Waals surface area contributed by atoms with Gasteiger partial charge in [-0.25, -0.2) is 0 Å². The summed E-state index contributed by atoms with van der Waals surface area (Å²) < 4.78 is 20.3. The fourth-order valence-electron chi connectivity index (χ4n) is 6.18. The molecule has 3 aliphatic rings. The van der Waals surface area contributed by atoms with Crippen molar-refractivity contribution in [1.82, 2.24) is 0 Å². The van der Waals surface area contributed by atoms with Crippen LogP contribution in [0.15, 0.2) is 83.6 Å². The van der Waals surface area contributed by atoms with Crippen LogP contribution in [0.25, 0.3) is 0 Å². The van der Waals surface area contributed by atoms with Crippen molar-refractivity contribution >= 4 is 8.56 Å². The summed E-state index contributed by atoms with van der Waals surface area (Å²) in [6, 6.07) is 21.7. The molecule has 5 rings (SSSR count). The van der Waals surface area contributed by atoms with Gasteiger partial charge in [0.25, 0.3) is 0 Å². The predicted octanol–water partition coefficient (Wildman–Crippen LogP) is 7.25. The molecule has 2 heterocycles. The molecule has 2 aromatic carbocycles. The van der Waals surface area contributed by atoms with Crippen LogP contribution in [0.5, 0.6) is 0 Å². The van der Waals surface area contributed by atoms with Crippen LogP contribution in [0, 0.1) is 0 Å². The molecule has 0 bridgehead atoms. The fourth-order valence-corrected chi connectivity index (χ4v) is 10.9. The Kier molecular flexibility index (Phi) is 8.35. The lowest BCUT2D eigenvalue weighted by atomic mass is 10.0. The van der Waals surface area contributed by atoms with Crippen LogP contribution in [-0.4, -0.2) is 34.5 Å². The standard InChI is InChI=1S/C31H40O3Si/c1-32-24-27-18-21-28(19-16-25-10-4-2-5-11-25)33-35(30-14-8-9-15-30)31(27)23-22-29(34-35)20-17-26-12-6-3-7-13-26/h2-7,10-13,18,23,28-30H,8-9,14-17,19-22,24H2,1H3. The van der Waals surface area contributed by atoms with Gasteiger partial charge in [-0.1, -0.05) is 85.7 Å². The largest absolute Gasteiger partial charge is 0.387 e. The molecule has 3 atom stereocenters. The van der Waals surface area contributed by atoms with E-state index >= 15 is 0 Å². The van der Waals surface area contributed by atoms with Crippen molar-refractivity contribution in [2.45, 2.75) is 82.0 Å². The third-order valence-electron chi connectivity index (χ3n) is 8.00. The van der Waals surface area contributed by atoms with Crippen LogP contribution in [0.1, 0.15) is 62.5 Å². The number of hydrogen-bond donors (Lipinski definition) is 0. The van der Waals surface area contributed by atoms with Gasteiger partial charge in [-0.2, -0.15) is 0 Å². The van der Waals surface area contributed by atoms with E-state index in [1.165, 1.54) is 47.6 Å². The third kappa shape index (κ3) is 5.88. The van der Waals surface area contributed by atoms with Crippen molar-refractivity contribution in [3.63, 3.8) is 0 Å². The molecule has 1 fully saturated rings. The van der Waals surface area contributed by atoms with E-state index in [0.29, 0.717) is 12.1 Å². The SMILES string of the molecule is COCC1=CCC(CCc2ccccc2)O[Si]2(C3CCCC3)OC(CCc3ccccc3)CC=C12. The topological polar surface area (TPSA) is 27.7 Å². The van der Waals surface area contributed by atoms with Gasteiger partial charge in [0.2, 0.25) is 0 Å². The van der Waals surface area contributed by atoms with Gasteiger partial charge in [-0.05, 0) is 73.3 Å². The zero-order chi connectivity index (χ0) is 23.9. The average Bonchev–Trinajstić information content (AvgIpc) is 3.41. The number of ether oxygens (including phenoxy) is 1. The maximum Gasteiger partial charge on any atom is 0.376 e. The van der Waals surface area contributed by atoms with Crippen LogP contribution in [-0.2, 0) is 26.4 Å². The summed E-state index contributed by atoms with van der Waals surface area (Å²) in [6.07, 6.45) is 16.5. The van der Waals surface area contributed by atoms with Crippen molar-refractivity contribution in [3.8, 4) is 0 Å². The molecule has 186 valence electrons. The Hall–Kier alpha value is -1.98. The lowest BCUT2D eigenvalue weighted by Gasteiger charge is -2.44. The number of methoxy groups -OCH3 is 1. The van der Waals surface area contributed by atoms with Crippen LogP contribution < -0.4 is 0 Å². The lowest BCUT2D eigenvalue weighted by molar-refractivity contribution is 0.0672. The van der Waals surface area contributed by atoms with E-state index in [9.17, 15) is 0 Å². The molecule has 0 spiro atoms. The minimum absolute atomic E-state index is 0.202. The highest BCUT2D eigenvalue weighted by atomic mass is 28.4. The Labute approximate surface area is 212 Å². The fraction of sp³-hybridized carbons (Fsp3) is 0.484. The minimum atomic E-state index is -2.61. The smallest absolute Gasteiger partial charge is 0.376 e. The number of hydrogen-bond acceptors (Lipinski definition) is 3. The van der Waals surface area contributed by atoms with Gasteiger partial charge in [0.1, 0.15) is 0 Å². The van der Waals surface area contributed by atoms with Crippen LogP contribution >= 0.6 is 0 Å². The second kappa shape index (κ2) is 11.8. The van der Waals surface area contributed by atoms with E-state index in [0.717, 1.165) is 38.5 Å². The molecule has 4 heteroatoms. The van der Waals surface area contributed by atoms with Crippen LogP contribution in [0.3, 0.4) is 0 Å². The Morgan fingerprint density at radius 1 is 0.771 bits per heavy atom. The normalized spacial score (nSPS) is 27.1. The summed E-state index contributed by atoms with van der Waals surface area (Å²) in [4.78, 5) is 0. The summed E-state index contributed by atoms with van der Waals surface area (Å²) in [7, 11) is -0.796. The highest BCUT2D eigenvalue weighted by Crippen LogP contribution is 2.50. The van der Waals surface area contributed by atoms with Gasteiger partial charge >= 0.3 is 8.56 Å². The Bertz CT molecular complexity index is 996. The summed E-state index contributed by atoms with van der Waals surface area (Å²) in [6.45, 7) is 0.653. The molecule has 0 saturated heterocycles. The zero-order valence-corrected chi connectivity index (χ0v) is 22.2. The van der Waals surface area contributed by atoms with E-state index < -0.39 is 8.56 Å². The van der Waals surface area contributed by atoms with E-state index in [1.807, 2.05) is 7.11 Å². The molecule has 2 aromatic rings. The first-order chi connectivity index (χ1) is 17.3. The van der Waals surface area contributed by atoms with Gasteiger partial charge in [0.15, 0.2) is 0 Å². The molecule has 2 aliphatic heterocycles. The Morgan fingerprint density at radius 3 is 1.86 bits per heavy atom. The summed E-state index contributed by atoms with van der Waals surface area (Å²) >= 11 is 0. The number of benzene rings is 2. The van der Waals surface area contributed by atoms with Gasteiger partial charge in [-0.15, -0.1) is 0 Å². The second-order valence-corrected chi connectivity index (χ2v) is 13.6. The summed E-state index contributed by atoms with van der Waals surface area (Å²) in [5, 5.41) is 1.39. The average molecular weight is 489 g/mol. The second-order valence-electron chi connectivity index (χ2n) is 10.4. The quantitative estimate of drug-likeness (QED) is 0.348. The van der Waals surface area contributed by atoms with Crippen molar-refractivity contribution in [1.29, 1.82) is 0 Å². The monoisotopic (exact) mass is 488 g/mol. The molecule has 1 saturated carbocycles. The van der Waals surface area contributed by atoms with Crippen molar-refractivity contribution < 1.29 is 13.6 Å². The van der Waals surface area contributed by atoms with E-state index in [4.69, 9.17) is 13.6 Å². The molecule has 3 nitrogen and oxygen atoms in total. The number of fused-ring (bicyclic) bond motifs is 1. The molecule has 0 radical (unpaired) electrons. The van der Waals surface area contributed by atoms with Crippen molar-refractivity contribution in [2.75, 3.05) is 13.7 Å². The van der Waals surface area contributed by atoms with Gasteiger partial charge < -0.3 is 13.6 Å². The number of rotatable bonds is 9. The first kappa shape index (κ1) is 24.7. The molecule has 0 aromatic heterocycles. The number of aryl methyl sites for hydroxylation is 2. The van der Waals surface area contributed by atoms with E-state index in [1.54, 1.807) is 0 Å². The molecule has 0 N–H and O–H groups in total. The molecule has 35 heavy (non-hydrogen) atoms. The first-order valence-electron chi connectivity index (χ1n) is 13.6. The van der Waals surface area contributed by atoms with Gasteiger partial charge in [0.05, 0.1) is 18.8 Å². The third-order valence-corrected chi connectivity index (χ3v) is 12.3. The molecule has 1 aliphatic carbocycles. The lowest BCUT2D eigenvalue weighted by Crippen LogP contribution is -2.55. The van der Waals surface area contributed by atoms with Crippen LogP contribution in [0.4, 0.5) is 0 Å². The van der Waals surface area contributed by atoms with E-state index in [-0.39, 0.29) is 12.2 Å². The maximum absolute atomic E-state index is 7.31. The van der Waals surface area contributed by atoms with E-state index in [2.05, 4.69) is 72.8 Å². The minimum Gasteiger partial charge on any atom is -0.387 e. The highest BCUT2D eigenvalue weighted by Gasteiger charge is 2.55. The Morgan fingerprint density at radius 2 is 1.31 bits per heavy atom. The zero-order valence-electron chi connectivity index (χ0n) is 21.2. The molecule has 3 unspecified atom stereocenters. The van der Waals surface area contributed by atoms with Gasteiger partial charge in [0, 0.05) is 12.7 Å². The van der Waals surface area contributed by atoms with Crippen molar-refractivity contribution in [2.24, 2.45) is 0 Å². The molecular formula is C31H40O3Si. The maximum atomic E-state index is 7.31. The molecular weight excluding hydrogens is 448 g/mol. The molecule has 0 amide bonds. The van der Waals surface area contributed by atoms with Gasteiger partial charge in [-0.3, -0.25) is 0 Å². The Balaban J connectivity index is 1.40.